The third kappa shape index (κ3) is 14.8. The molecule has 2 rings (SSSR count). The van der Waals surface area contributed by atoms with Crippen molar-refractivity contribution in [3.8, 4) is 5.75 Å². The van der Waals surface area contributed by atoms with E-state index in [2.05, 4.69) is 68.9 Å². The van der Waals surface area contributed by atoms with Gasteiger partial charge < -0.3 is 34.0 Å². The van der Waals surface area contributed by atoms with Gasteiger partial charge in [0.1, 0.15) is 18.8 Å². The molecular weight excluding hydrogens is 607 g/mol. The van der Waals surface area contributed by atoms with E-state index >= 15 is 0 Å². The average molecular weight is 665 g/mol. The fraction of sp³-hybridized carbons (Fsp3) is 0.657. The third-order valence-corrected chi connectivity index (χ3v) is 7.44. The quantitative estimate of drug-likeness (QED) is 0.113. The van der Waals surface area contributed by atoms with Gasteiger partial charge in [-0.2, -0.15) is 0 Å². The number of pyridine rings is 1. The molecule has 40 heavy (non-hydrogen) atoms. The van der Waals surface area contributed by atoms with Crippen LogP contribution in [0.2, 0.25) is 0 Å². The van der Waals surface area contributed by atoms with E-state index < -0.39 is 0 Å². The fourth-order valence-electron chi connectivity index (χ4n) is 5.09. The first-order valence-corrected chi connectivity index (χ1v) is 15.9. The first-order chi connectivity index (χ1) is 18.8. The lowest BCUT2D eigenvalue weighted by Crippen LogP contribution is -3.00. The second-order valence-corrected chi connectivity index (χ2v) is 12.2. The standard InChI is InChI=1S/C35H56N2O2.HI/c1-6-8-9-10-11-12-13-14-15-16-17-20-26-39-33-23-22-30(27-32(33)35(3,4)5)28-34(38)36-29-31-21-18-19-25-37(31)24-7-2;/h18-19,21-23,25,27H,6-17,20,24,26,28-29H2,1-5H3;1H. The molecule has 0 saturated carbocycles. The van der Waals surface area contributed by atoms with Crippen molar-refractivity contribution in [1.82, 2.24) is 5.32 Å². The number of nitrogens with zero attached hydrogens (tertiary/aromatic N) is 1. The molecule has 0 aliphatic rings. The number of unbranched alkanes of at least 4 members (excludes halogenated alkanes) is 11. The van der Waals surface area contributed by atoms with Crippen LogP contribution in [0.15, 0.2) is 42.6 Å². The summed E-state index contributed by atoms with van der Waals surface area (Å²) in [7, 11) is 0. The Hall–Kier alpha value is -1.63. The molecule has 0 unspecified atom stereocenters. The first kappa shape index (κ1) is 36.4. The molecule has 1 N–H and O–H groups in total. The smallest absolute Gasteiger partial charge is 0.224 e. The van der Waals surface area contributed by atoms with E-state index in [4.69, 9.17) is 4.74 Å². The van der Waals surface area contributed by atoms with Gasteiger partial charge in [-0.25, -0.2) is 4.57 Å². The van der Waals surface area contributed by atoms with E-state index in [1.54, 1.807) is 0 Å². The maximum atomic E-state index is 12.8. The van der Waals surface area contributed by atoms with E-state index in [-0.39, 0.29) is 35.3 Å². The summed E-state index contributed by atoms with van der Waals surface area (Å²) in [6.45, 7) is 13.4. The first-order valence-electron chi connectivity index (χ1n) is 15.9. The zero-order valence-corrected chi connectivity index (χ0v) is 28.4. The number of amides is 1. The van der Waals surface area contributed by atoms with Crippen molar-refractivity contribution in [2.24, 2.45) is 0 Å². The number of carbonyl (C=O) groups excluding carboxylic acids is 1. The summed E-state index contributed by atoms with van der Waals surface area (Å²) in [6, 6.07) is 12.4. The summed E-state index contributed by atoms with van der Waals surface area (Å²) in [5.74, 6) is 1.01. The number of rotatable bonds is 20. The second kappa shape index (κ2) is 21.1. The van der Waals surface area contributed by atoms with Crippen molar-refractivity contribution in [3.05, 3.63) is 59.4 Å². The van der Waals surface area contributed by atoms with Gasteiger partial charge in [-0.15, -0.1) is 0 Å². The largest absolute Gasteiger partial charge is 1.00 e. The van der Waals surface area contributed by atoms with E-state index in [1.807, 2.05) is 18.2 Å². The van der Waals surface area contributed by atoms with Gasteiger partial charge in [-0.1, -0.05) is 123 Å². The number of carbonyl (C=O) groups is 1. The predicted molar refractivity (Wildman–Crippen MR) is 164 cm³/mol. The number of ether oxygens (including phenoxy) is 1. The van der Waals surface area contributed by atoms with Gasteiger partial charge in [0.15, 0.2) is 6.20 Å². The highest BCUT2D eigenvalue weighted by molar-refractivity contribution is 5.78. The lowest BCUT2D eigenvalue weighted by Gasteiger charge is -2.24. The van der Waals surface area contributed by atoms with Gasteiger partial charge in [-0.05, 0) is 29.0 Å². The third-order valence-electron chi connectivity index (χ3n) is 7.44. The van der Waals surface area contributed by atoms with Crippen molar-refractivity contribution in [2.45, 2.75) is 143 Å². The molecule has 0 aliphatic carbocycles. The molecule has 0 saturated heterocycles. The van der Waals surface area contributed by atoms with E-state index in [1.165, 1.54) is 76.2 Å². The maximum Gasteiger partial charge on any atom is 0.224 e. The summed E-state index contributed by atoms with van der Waals surface area (Å²) in [4.78, 5) is 12.8. The van der Waals surface area contributed by atoms with Crippen molar-refractivity contribution in [3.63, 3.8) is 0 Å². The van der Waals surface area contributed by atoms with Crippen molar-refractivity contribution >= 4 is 5.91 Å². The summed E-state index contributed by atoms with van der Waals surface area (Å²) in [6.07, 6.45) is 19.7. The number of benzene rings is 1. The maximum absolute atomic E-state index is 12.8. The van der Waals surface area contributed by atoms with E-state index in [0.29, 0.717) is 13.0 Å². The van der Waals surface area contributed by atoms with Gasteiger partial charge in [0.2, 0.25) is 11.6 Å². The molecule has 2 aromatic rings. The van der Waals surface area contributed by atoms with Crippen LogP contribution < -0.4 is 38.6 Å². The van der Waals surface area contributed by atoms with Crippen molar-refractivity contribution < 1.29 is 38.1 Å². The molecule has 4 nitrogen and oxygen atoms in total. The Morgan fingerprint density at radius 1 is 0.825 bits per heavy atom. The van der Waals surface area contributed by atoms with Crippen LogP contribution in [0.5, 0.6) is 5.75 Å². The zero-order chi connectivity index (χ0) is 28.3. The molecule has 1 aromatic heterocycles. The zero-order valence-electron chi connectivity index (χ0n) is 26.2. The summed E-state index contributed by atoms with van der Waals surface area (Å²) < 4.78 is 8.46. The Morgan fingerprint density at radius 3 is 2.05 bits per heavy atom. The monoisotopic (exact) mass is 664 g/mol. The normalized spacial score (nSPS) is 11.2. The Labute approximate surface area is 263 Å². The van der Waals surface area contributed by atoms with E-state index in [0.717, 1.165) is 43.0 Å². The molecule has 0 aliphatic heterocycles. The fourth-order valence-corrected chi connectivity index (χ4v) is 5.09. The molecule has 1 heterocycles. The number of aromatic nitrogens is 1. The lowest BCUT2D eigenvalue weighted by molar-refractivity contribution is -0.704. The van der Waals surface area contributed by atoms with E-state index in [9.17, 15) is 4.79 Å². The average Bonchev–Trinajstić information content (AvgIpc) is 2.91. The van der Waals surface area contributed by atoms with Crippen LogP contribution in [0.1, 0.15) is 135 Å². The van der Waals surface area contributed by atoms with Crippen LogP contribution in [0.3, 0.4) is 0 Å². The molecule has 0 bridgehead atoms. The molecule has 0 radical (unpaired) electrons. The highest BCUT2D eigenvalue weighted by atomic mass is 127. The van der Waals surface area contributed by atoms with Crippen molar-refractivity contribution in [1.29, 1.82) is 0 Å². The lowest BCUT2D eigenvalue weighted by atomic mass is 9.85. The highest BCUT2D eigenvalue weighted by Gasteiger charge is 2.20. The minimum Gasteiger partial charge on any atom is -1.00 e. The molecule has 0 fully saturated rings. The number of aryl methyl sites for hydroxylation is 1. The second-order valence-electron chi connectivity index (χ2n) is 12.2. The van der Waals surface area contributed by atoms with Crippen molar-refractivity contribution in [2.75, 3.05) is 6.61 Å². The Kier molecular flexibility index (Phi) is 19.2. The summed E-state index contributed by atoms with van der Waals surface area (Å²) in [5, 5.41) is 3.11. The van der Waals surface area contributed by atoms with Crippen LogP contribution in [-0.4, -0.2) is 12.5 Å². The molecule has 0 spiro atoms. The van der Waals surface area contributed by atoms with Gasteiger partial charge in [-0.3, -0.25) is 4.79 Å². The topological polar surface area (TPSA) is 42.2 Å². The van der Waals surface area contributed by atoms with Gasteiger partial charge in [0, 0.05) is 18.6 Å². The molecule has 226 valence electrons. The molecule has 1 aromatic carbocycles. The SMILES string of the molecule is CCCCCCCCCCCCCCOc1ccc(CC(=O)NCc2cccc[n+]2CCC)cc1C(C)(C)C.[I-]. The highest BCUT2D eigenvalue weighted by Crippen LogP contribution is 2.32. The van der Waals surface area contributed by atoms with Gasteiger partial charge in [0.05, 0.1) is 13.0 Å². The summed E-state index contributed by atoms with van der Waals surface area (Å²) >= 11 is 0. The van der Waals surface area contributed by atoms with Gasteiger partial charge >= 0.3 is 0 Å². The Morgan fingerprint density at radius 2 is 1.45 bits per heavy atom. The van der Waals surface area contributed by atoms with Crippen LogP contribution >= 0.6 is 0 Å². The van der Waals surface area contributed by atoms with Crippen LogP contribution in [0.25, 0.3) is 0 Å². The number of halogens is 1. The summed E-state index contributed by atoms with van der Waals surface area (Å²) in [5.41, 5.74) is 3.29. The van der Waals surface area contributed by atoms with Crippen LogP contribution in [0.4, 0.5) is 0 Å². The Balaban J connectivity index is 0.00000800. The number of hydrogen-bond donors (Lipinski definition) is 1. The Bertz CT molecular complexity index is 955. The minimum atomic E-state index is -0.0475. The molecule has 5 heteroatoms. The number of hydrogen-bond acceptors (Lipinski definition) is 2. The van der Waals surface area contributed by atoms with Crippen LogP contribution in [-0.2, 0) is 29.7 Å². The molecule has 0 atom stereocenters. The minimum absolute atomic E-state index is 0. The van der Waals surface area contributed by atoms with Gasteiger partial charge in [0.25, 0.3) is 0 Å². The predicted octanol–water partition coefficient (Wildman–Crippen LogP) is 5.62. The molecule has 1 amide bonds. The number of nitrogens with one attached hydrogen (secondary N) is 1. The van der Waals surface area contributed by atoms with Crippen LogP contribution in [0, 0.1) is 0 Å². The molecular formula is C35H57IN2O2.